The van der Waals surface area contributed by atoms with E-state index in [0.29, 0.717) is 6.61 Å². The van der Waals surface area contributed by atoms with Crippen molar-refractivity contribution in [1.29, 1.82) is 5.26 Å². The summed E-state index contributed by atoms with van der Waals surface area (Å²) in [6.45, 7) is 8.87. The van der Waals surface area contributed by atoms with Crippen LogP contribution in [0.5, 0.6) is 0 Å². The Morgan fingerprint density at radius 3 is 2.10 bits per heavy atom. The Balaban J connectivity index is 2.08. The fraction of sp³-hybridized carbons (Fsp3) is 0.308. The Kier molecular flexibility index (Phi) is 7.40. The third-order valence-electron chi connectivity index (χ3n) is 5.21. The number of hydrogen-bond donors (Lipinski definition) is 0. The average molecular weight is 431 g/mol. The first-order valence-electron chi connectivity index (χ1n) is 10.6. The van der Waals surface area contributed by atoms with Gasteiger partial charge >= 0.3 is 0 Å². The van der Waals surface area contributed by atoms with Crippen LogP contribution in [0, 0.1) is 11.3 Å². The van der Waals surface area contributed by atoms with E-state index < -0.39 is 19.8 Å². The SMILES string of the molecule is C[C@H](OCc1ccccc1)[C@@H](O[Si](C)(C)C)[C@@](C#N)(c1ccccc1)c1cccnc1. The summed E-state index contributed by atoms with van der Waals surface area (Å²) in [4.78, 5) is 4.32. The van der Waals surface area contributed by atoms with E-state index in [9.17, 15) is 5.26 Å². The summed E-state index contributed by atoms with van der Waals surface area (Å²) in [6.07, 6.45) is 2.66. The molecule has 3 rings (SSSR count). The number of ether oxygens (including phenoxy) is 1. The second kappa shape index (κ2) is 10.0. The van der Waals surface area contributed by atoms with Crippen LogP contribution >= 0.6 is 0 Å². The highest BCUT2D eigenvalue weighted by Crippen LogP contribution is 2.40. The Hall–Kier alpha value is -2.78. The quantitative estimate of drug-likeness (QED) is 0.408. The molecule has 0 saturated heterocycles. The second-order valence-electron chi connectivity index (χ2n) is 8.68. The fourth-order valence-electron chi connectivity index (χ4n) is 3.79. The number of pyridine rings is 1. The van der Waals surface area contributed by atoms with Gasteiger partial charge in [-0.15, -0.1) is 0 Å². The number of nitriles is 1. The molecule has 1 aromatic heterocycles. The van der Waals surface area contributed by atoms with Crippen molar-refractivity contribution < 1.29 is 9.16 Å². The van der Waals surface area contributed by atoms with E-state index >= 15 is 0 Å². The smallest absolute Gasteiger partial charge is 0.184 e. The minimum absolute atomic E-state index is 0.327. The molecule has 0 N–H and O–H groups in total. The number of benzene rings is 2. The molecule has 0 amide bonds. The summed E-state index contributed by atoms with van der Waals surface area (Å²) in [7, 11) is -2.03. The molecule has 1 heterocycles. The van der Waals surface area contributed by atoms with Gasteiger partial charge in [0, 0.05) is 12.4 Å². The second-order valence-corrected chi connectivity index (χ2v) is 13.1. The molecule has 31 heavy (non-hydrogen) atoms. The molecule has 2 aromatic carbocycles. The minimum Gasteiger partial charge on any atom is -0.410 e. The summed E-state index contributed by atoms with van der Waals surface area (Å²) in [6, 6.07) is 26.4. The third kappa shape index (κ3) is 5.48. The van der Waals surface area contributed by atoms with E-state index in [1.165, 1.54) is 0 Å². The van der Waals surface area contributed by atoms with E-state index in [-0.39, 0.29) is 6.10 Å². The van der Waals surface area contributed by atoms with Crippen LogP contribution in [0.2, 0.25) is 19.6 Å². The van der Waals surface area contributed by atoms with Crippen LogP contribution in [0.25, 0.3) is 0 Å². The van der Waals surface area contributed by atoms with Gasteiger partial charge in [-0.3, -0.25) is 4.98 Å². The van der Waals surface area contributed by atoms with Gasteiger partial charge in [0.25, 0.3) is 0 Å². The van der Waals surface area contributed by atoms with E-state index in [1.54, 1.807) is 12.4 Å². The van der Waals surface area contributed by atoms with Gasteiger partial charge in [0.15, 0.2) is 8.32 Å². The third-order valence-corrected chi connectivity index (χ3v) is 6.17. The predicted molar refractivity (Wildman–Crippen MR) is 126 cm³/mol. The van der Waals surface area contributed by atoms with Crippen molar-refractivity contribution in [1.82, 2.24) is 4.98 Å². The van der Waals surface area contributed by atoms with Crippen LogP contribution < -0.4 is 0 Å². The van der Waals surface area contributed by atoms with Crippen LogP contribution in [-0.4, -0.2) is 25.5 Å². The zero-order valence-electron chi connectivity index (χ0n) is 18.7. The van der Waals surface area contributed by atoms with Crippen LogP contribution in [0.15, 0.2) is 85.2 Å². The van der Waals surface area contributed by atoms with Crippen molar-refractivity contribution in [3.63, 3.8) is 0 Å². The fourth-order valence-corrected chi connectivity index (χ4v) is 4.92. The van der Waals surface area contributed by atoms with Crippen molar-refractivity contribution in [2.75, 3.05) is 0 Å². The molecule has 0 fully saturated rings. The van der Waals surface area contributed by atoms with Crippen molar-refractivity contribution in [3.05, 3.63) is 102 Å². The number of aromatic nitrogens is 1. The molecule has 3 atom stereocenters. The van der Waals surface area contributed by atoms with Gasteiger partial charge < -0.3 is 9.16 Å². The van der Waals surface area contributed by atoms with Crippen molar-refractivity contribution >= 4 is 8.32 Å². The lowest BCUT2D eigenvalue weighted by Crippen LogP contribution is -2.52. The van der Waals surface area contributed by atoms with Gasteiger partial charge in [0.1, 0.15) is 5.41 Å². The predicted octanol–water partition coefficient (Wildman–Crippen LogP) is 5.72. The largest absolute Gasteiger partial charge is 0.410 e. The first-order chi connectivity index (χ1) is 14.9. The summed E-state index contributed by atoms with van der Waals surface area (Å²) in [5, 5.41) is 10.7. The van der Waals surface area contributed by atoms with Crippen LogP contribution in [0.1, 0.15) is 23.6 Å². The number of hydrogen-bond acceptors (Lipinski definition) is 4. The van der Waals surface area contributed by atoms with Gasteiger partial charge in [0.05, 0.1) is 24.9 Å². The van der Waals surface area contributed by atoms with Gasteiger partial charge in [0.2, 0.25) is 0 Å². The minimum atomic E-state index is -2.03. The molecule has 0 radical (unpaired) electrons. The van der Waals surface area contributed by atoms with Crippen molar-refractivity contribution in [3.8, 4) is 6.07 Å². The Morgan fingerprint density at radius 1 is 0.935 bits per heavy atom. The highest BCUT2D eigenvalue weighted by molar-refractivity contribution is 6.69. The maximum absolute atomic E-state index is 10.7. The molecule has 0 aliphatic rings. The number of nitrogens with zero attached hydrogens (tertiary/aromatic N) is 2. The monoisotopic (exact) mass is 430 g/mol. The van der Waals surface area contributed by atoms with Crippen molar-refractivity contribution in [2.45, 2.75) is 50.8 Å². The zero-order valence-corrected chi connectivity index (χ0v) is 19.7. The molecule has 0 aliphatic heterocycles. The van der Waals surface area contributed by atoms with Crippen LogP contribution in [0.4, 0.5) is 0 Å². The Morgan fingerprint density at radius 2 is 1.55 bits per heavy atom. The van der Waals surface area contributed by atoms with Gasteiger partial charge in [-0.2, -0.15) is 5.26 Å². The lowest BCUT2D eigenvalue weighted by Gasteiger charge is -2.42. The standard InChI is InChI=1S/C26H30N2O2Si/c1-21(29-19-22-12-7-5-8-13-22)25(30-31(2,3)4)26(20-27,23-14-9-6-10-15-23)24-16-11-17-28-18-24/h5-18,21,25H,19H2,1-4H3/t21-,25+,26-/m0/s1. The van der Waals surface area contributed by atoms with Gasteiger partial charge in [-0.05, 0) is 49.3 Å². The number of rotatable bonds is 9. The highest BCUT2D eigenvalue weighted by atomic mass is 28.4. The molecule has 160 valence electrons. The van der Waals surface area contributed by atoms with E-state index in [0.717, 1.165) is 16.7 Å². The molecule has 0 bridgehead atoms. The topological polar surface area (TPSA) is 55.1 Å². The summed E-state index contributed by atoms with van der Waals surface area (Å²) in [5.41, 5.74) is 1.72. The normalized spacial score (nSPS) is 15.5. The molecule has 4 nitrogen and oxygen atoms in total. The molecule has 3 aromatic rings. The molecule has 0 spiro atoms. The molecule has 5 heteroatoms. The maximum atomic E-state index is 10.7. The molecular formula is C26H30N2O2Si. The highest BCUT2D eigenvalue weighted by Gasteiger charge is 2.48. The Bertz CT molecular complexity index is 943. The lowest BCUT2D eigenvalue weighted by molar-refractivity contribution is -0.0437. The Labute approximate surface area is 186 Å². The van der Waals surface area contributed by atoms with E-state index in [1.807, 2.05) is 79.7 Å². The zero-order chi connectivity index (χ0) is 22.3. The summed E-state index contributed by atoms with van der Waals surface area (Å²) in [5.74, 6) is 0. The molecular weight excluding hydrogens is 400 g/mol. The van der Waals surface area contributed by atoms with E-state index in [4.69, 9.17) is 9.16 Å². The summed E-state index contributed by atoms with van der Waals surface area (Å²) >= 11 is 0. The first-order valence-corrected chi connectivity index (χ1v) is 14.0. The molecule has 0 unspecified atom stereocenters. The molecule has 0 saturated carbocycles. The maximum Gasteiger partial charge on any atom is 0.184 e. The summed E-state index contributed by atoms with van der Waals surface area (Å²) < 4.78 is 13.0. The van der Waals surface area contributed by atoms with E-state index in [2.05, 4.69) is 30.7 Å². The van der Waals surface area contributed by atoms with Crippen molar-refractivity contribution in [2.24, 2.45) is 0 Å². The average Bonchev–Trinajstić information content (AvgIpc) is 2.79. The first kappa shape index (κ1) is 22.9. The lowest BCUT2D eigenvalue weighted by atomic mass is 9.70. The van der Waals surface area contributed by atoms with Gasteiger partial charge in [-0.25, -0.2) is 0 Å². The molecule has 0 aliphatic carbocycles. The van der Waals surface area contributed by atoms with Crippen LogP contribution in [-0.2, 0) is 21.2 Å². The van der Waals surface area contributed by atoms with Gasteiger partial charge in [-0.1, -0.05) is 66.7 Å². The van der Waals surface area contributed by atoms with Crippen LogP contribution in [0.3, 0.4) is 0 Å².